The molecule has 1 atom stereocenters. The van der Waals surface area contributed by atoms with Crippen LogP contribution < -0.4 is 5.32 Å². The Morgan fingerprint density at radius 1 is 1.30 bits per heavy atom. The fourth-order valence-electron chi connectivity index (χ4n) is 1.48. The van der Waals surface area contributed by atoms with Crippen LogP contribution in [0.15, 0.2) is 18.2 Å². The molecule has 5 heteroatoms. The van der Waals surface area contributed by atoms with Crippen molar-refractivity contribution in [3.63, 3.8) is 0 Å². The number of phenolic OH excluding ortho intramolecular Hbond substituents is 1. The van der Waals surface area contributed by atoms with E-state index in [-0.39, 0.29) is 5.75 Å². The van der Waals surface area contributed by atoms with Crippen LogP contribution in [0.4, 0.5) is 0 Å². The van der Waals surface area contributed by atoms with Gasteiger partial charge in [0.2, 0.25) is 0 Å². The first kappa shape index (κ1) is 16.0. The molecule has 0 bridgehead atoms. The van der Waals surface area contributed by atoms with Crippen molar-refractivity contribution in [2.75, 3.05) is 0 Å². The lowest BCUT2D eigenvalue weighted by Crippen LogP contribution is -2.42. The summed E-state index contributed by atoms with van der Waals surface area (Å²) in [6.07, 6.45) is 0. The Kier molecular flexibility index (Phi) is 4.76. The van der Waals surface area contributed by atoms with Gasteiger partial charge in [-0.05, 0) is 52.3 Å². The minimum absolute atomic E-state index is 0.0440. The minimum atomic E-state index is -0.759. The van der Waals surface area contributed by atoms with Gasteiger partial charge in [-0.1, -0.05) is 6.07 Å². The molecule has 1 rings (SSSR count). The quantitative estimate of drug-likeness (QED) is 0.831. The van der Waals surface area contributed by atoms with E-state index < -0.39 is 23.5 Å². The first-order valence-corrected chi connectivity index (χ1v) is 6.43. The molecule has 0 aromatic heterocycles. The molecular weight excluding hydrogens is 258 g/mol. The van der Waals surface area contributed by atoms with Gasteiger partial charge in [0.25, 0.3) is 5.91 Å². The number of amides is 1. The van der Waals surface area contributed by atoms with Crippen LogP contribution >= 0.6 is 0 Å². The van der Waals surface area contributed by atoms with Crippen molar-refractivity contribution in [3.05, 3.63) is 29.3 Å². The van der Waals surface area contributed by atoms with Gasteiger partial charge in [-0.3, -0.25) is 4.79 Å². The summed E-state index contributed by atoms with van der Waals surface area (Å²) < 4.78 is 5.18. The molecule has 0 saturated carbocycles. The van der Waals surface area contributed by atoms with Crippen molar-refractivity contribution in [1.29, 1.82) is 0 Å². The number of phenols is 1. The van der Waals surface area contributed by atoms with Crippen molar-refractivity contribution in [3.8, 4) is 5.75 Å². The van der Waals surface area contributed by atoms with E-state index in [2.05, 4.69) is 5.32 Å². The topological polar surface area (TPSA) is 75.6 Å². The van der Waals surface area contributed by atoms with Gasteiger partial charge in [-0.2, -0.15) is 0 Å². The largest absolute Gasteiger partial charge is 0.508 e. The highest BCUT2D eigenvalue weighted by atomic mass is 16.6. The van der Waals surface area contributed by atoms with E-state index in [0.29, 0.717) is 11.1 Å². The van der Waals surface area contributed by atoms with Gasteiger partial charge in [0.05, 0.1) is 0 Å². The standard InChI is InChI=1S/C15H21NO4/c1-9-6-7-11(8-12(9)17)13(18)16-10(2)14(19)20-15(3,4)5/h6-8,10,17H,1-5H3,(H,16,18)/t10-/m0/s1. The second kappa shape index (κ2) is 5.94. The first-order valence-electron chi connectivity index (χ1n) is 6.43. The van der Waals surface area contributed by atoms with E-state index in [1.54, 1.807) is 46.8 Å². The number of aryl methyl sites for hydroxylation is 1. The molecule has 20 heavy (non-hydrogen) atoms. The number of ether oxygens (including phenoxy) is 1. The molecule has 0 aliphatic rings. The zero-order valence-corrected chi connectivity index (χ0v) is 12.5. The third-order valence-corrected chi connectivity index (χ3v) is 2.58. The van der Waals surface area contributed by atoms with Crippen LogP contribution in [0.2, 0.25) is 0 Å². The number of aromatic hydroxyl groups is 1. The lowest BCUT2D eigenvalue weighted by Gasteiger charge is -2.22. The lowest BCUT2D eigenvalue weighted by molar-refractivity contribution is -0.156. The Morgan fingerprint density at radius 3 is 2.40 bits per heavy atom. The number of rotatable bonds is 3. The zero-order valence-electron chi connectivity index (χ0n) is 12.5. The number of benzene rings is 1. The van der Waals surface area contributed by atoms with Crippen LogP contribution in [0.1, 0.15) is 43.6 Å². The summed E-state index contributed by atoms with van der Waals surface area (Å²) in [6.45, 7) is 8.58. The Hall–Kier alpha value is -2.04. The van der Waals surface area contributed by atoms with Crippen molar-refractivity contribution in [1.82, 2.24) is 5.32 Å². The average molecular weight is 279 g/mol. The normalized spacial score (nSPS) is 12.7. The van der Waals surface area contributed by atoms with Gasteiger partial charge >= 0.3 is 5.97 Å². The SMILES string of the molecule is Cc1ccc(C(=O)N[C@@H](C)C(=O)OC(C)(C)C)cc1O. The van der Waals surface area contributed by atoms with E-state index in [9.17, 15) is 14.7 Å². The molecule has 1 aromatic carbocycles. The highest BCUT2D eigenvalue weighted by Gasteiger charge is 2.23. The maximum atomic E-state index is 12.0. The van der Waals surface area contributed by atoms with Crippen LogP contribution in [0.5, 0.6) is 5.75 Å². The monoisotopic (exact) mass is 279 g/mol. The van der Waals surface area contributed by atoms with Crippen LogP contribution in [-0.2, 0) is 9.53 Å². The number of hydrogen-bond donors (Lipinski definition) is 2. The fraction of sp³-hybridized carbons (Fsp3) is 0.467. The number of esters is 1. The zero-order chi connectivity index (χ0) is 15.5. The van der Waals surface area contributed by atoms with Gasteiger partial charge in [0.1, 0.15) is 17.4 Å². The highest BCUT2D eigenvalue weighted by molar-refractivity contribution is 5.97. The molecule has 2 N–H and O–H groups in total. The predicted molar refractivity (Wildman–Crippen MR) is 75.6 cm³/mol. The van der Waals surface area contributed by atoms with Crippen molar-refractivity contribution >= 4 is 11.9 Å². The number of nitrogens with one attached hydrogen (secondary N) is 1. The maximum Gasteiger partial charge on any atom is 0.328 e. The van der Waals surface area contributed by atoms with Gasteiger partial charge in [-0.15, -0.1) is 0 Å². The number of carbonyl (C=O) groups excluding carboxylic acids is 2. The smallest absolute Gasteiger partial charge is 0.328 e. The predicted octanol–water partition coefficient (Wildman–Crippen LogP) is 2.16. The second-order valence-electron chi connectivity index (χ2n) is 5.73. The summed E-state index contributed by atoms with van der Waals surface area (Å²) in [5, 5.41) is 12.1. The van der Waals surface area contributed by atoms with Crippen molar-refractivity contribution < 1.29 is 19.4 Å². The van der Waals surface area contributed by atoms with Crippen LogP contribution in [0.3, 0.4) is 0 Å². The van der Waals surface area contributed by atoms with E-state index in [1.807, 2.05) is 0 Å². The Balaban J connectivity index is 2.70. The average Bonchev–Trinajstić information content (AvgIpc) is 2.30. The highest BCUT2D eigenvalue weighted by Crippen LogP contribution is 2.17. The maximum absolute atomic E-state index is 12.0. The Labute approximate surface area is 118 Å². The van der Waals surface area contributed by atoms with Crippen LogP contribution in [-0.4, -0.2) is 28.6 Å². The molecule has 0 heterocycles. The summed E-state index contributed by atoms with van der Waals surface area (Å²) in [4.78, 5) is 23.7. The molecular formula is C15H21NO4. The summed E-state index contributed by atoms with van der Waals surface area (Å²) >= 11 is 0. The Morgan fingerprint density at radius 2 is 1.90 bits per heavy atom. The first-order chi connectivity index (χ1) is 9.10. The lowest BCUT2D eigenvalue weighted by atomic mass is 10.1. The molecule has 1 amide bonds. The number of carbonyl (C=O) groups is 2. The molecule has 1 aromatic rings. The minimum Gasteiger partial charge on any atom is -0.508 e. The van der Waals surface area contributed by atoms with Gasteiger partial charge in [0, 0.05) is 5.56 Å². The van der Waals surface area contributed by atoms with Crippen molar-refractivity contribution in [2.24, 2.45) is 0 Å². The molecule has 0 aliphatic carbocycles. The molecule has 110 valence electrons. The van der Waals surface area contributed by atoms with Crippen LogP contribution in [0.25, 0.3) is 0 Å². The number of hydrogen-bond acceptors (Lipinski definition) is 4. The Bertz CT molecular complexity index is 517. The molecule has 0 aliphatic heterocycles. The fourth-order valence-corrected chi connectivity index (χ4v) is 1.48. The summed E-state index contributed by atoms with van der Waals surface area (Å²) in [6, 6.07) is 3.84. The summed E-state index contributed by atoms with van der Waals surface area (Å²) in [5.41, 5.74) is 0.378. The molecule has 0 radical (unpaired) electrons. The van der Waals surface area contributed by atoms with Gasteiger partial charge < -0.3 is 15.2 Å². The van der Waals surface area contributed by atoms with Gasteiger partial charge in [0.15, 0.2) is 0 Å². The van der Waals surface area contributed by atoms with E-state index in [1.165, 1.54) is 6.07 Å². The molecule has 0 saturated heterocycles. The van der Waals surface area contributed by atoms with E-state index in [0.717, 1.165) is 0 Å². The van der Waals surface area contributed by atoms with Gasteiger partial charge in [-0.25, -0.2) is 4.79 Å². The molecule has 0 spiro atoms. The third kappa shape index (κ3) is 4.57. The third-order valence-electron chi connectivity index (χ3n) is 2.58. The summed E-state index contributed by atoms with van der Waals surface area (Å²) in [5.74, 6) is -0.886. The van der Waals surface area contributed by atoms with E-state index >= 15 is 0 Å². The van der Waals surface area contributed by atoms with E-state index in [4.69, 9.17) is 4.74 Å². The molecule has 5 nitrogen and oxygen atoms in total. The molecule has 0 fully saturated rings. The van der Waals surface area contributed by atoms with Crippen molar-refractivity contribution in [2.45, 2.75) is 46.3 Å². The van der Waals surface area contributed by atoms with Crippen LogP contribution in [0, 0.1) is 6.92 Å². The molecule has 0 unspecified atom stereocenters. The summed E-state index contributed by atoms with van der Waals surface area (Å²) in [7, 11) is 0. The second-order valence-corrected chi connectivity index (χ2v) is 5.73.